The molecule has 0 saturated carbocycles. The lowest BCUT2D eigenvalue weighted by Crippen LogP contribution is -2.45. The van der Waals surface area contributed by atoms with E-state index in [0.29, 0.717) is 24.4 Å². The van der Waals surface area contributed by atoms with E-state index in [1.165, 1.54) is 6.92 Å². The zero-order chi connectivity index (χ0) is 19.3. The third kappa shape index (κ3) is 5.72. The van der Waals surface area contributed by atoms with Gasteiger partial charge in [-0.15, -0.1) is 0 Å². The topological polar surface area (TPSA) is 92.8 Å². The summed E-state index contributed by atoms with van der Waals surface area (Å²) in [6.45, 7) is 5.63. The van der Waals surface area contributed by atoms with E-state index in [2.05, 4.69) is 5.32 Å². The molecule has 0 aliphatic carbocycles. The molecule has 1 aromatic rings. The van der Waals surface area contributed by atoms with Crippen LogP contribution in [-0.2, 0) is 19.4 Å². The number of nitrogens with one attached hydrogen (secondary N) is 1. The fourth-order valence-corrected chi connectivity index (χ4v) is 4.71. The molecule has 26 heavy (non-hydrogen) atoms. The van der Waals surface area contributed by atoms with Crippen LogP contribution in [-0.4, -0.2) is 55.8 Å². The van der Waals surface area contributed by atoms with Gasteiger partial charge in [-0.25, -0.2) is 8.42 Å². The Morgan fingerprint density at radius 1 is 1.31 bits per heavy atom. The van der Waals surface area contributed by atoms with Crippen molar-refractivity contribution < 1.29 is 22.7 Å². The van der Waals surface area contributed by atoms with Crippen molar-refractivity contribution in [3.63, 3.8) is 0 Å². The van der Waals surface area contributed by atoms with E-state index in [1.807, 2.05) is 13.8 Å². The second-order valence-corrected chi connectivity index (χ2v) is 9.19. The van der Waals surface area contributed by atoms with Crippen LogP contribution in [0.4, 0.5) is 5.69 Å². The second-order valence-electron chi connectivity index (χ2n) is 6.96. The fourth-order valence-electron chi connectivity index (χ4n) is 2.98. The maximum Gasteiger partial charge on any atom is 0.260 e. The van der Waals surface area contributed by atoms with Gasteiger partial charge in [-0.05, 0) is 24.5 Å². The average molecular weight is 382 g/mol. The Morgan fingerprint density at radius 3 is 2.58 bits per heavy atom. The van der Waals surface area contributed by atoms with E-state index < -0.39 is 9.84 Å². The molecular weight excluding hydrogens is 356 g/mol. The molecule has 1 N–H and O–H groups in total. The number of amides is 2. The van der Waals surface area contributed by atoms with Crippen LogP contribution in [0.1, 0.15) is 27.2 Å². The molecule has 8 heteroatoms. The minimum atomic E-state index is -3.08. The molecule has 0 bridgehead atoms. The summed E-state index contributed by atoms with van der Waals surface area (Å²) in [5, 5.41) is 2.66. The number of ether oxygens (including phenoxy) is 1. The second kappa shape index (κ2) is 8.53. The highest BCUT2D eigenvalue weighted by Gasteiger charge is 2.35. The van der Waals surface area contributed by atoms with Crippen LogP contribution in [0.15, 0.2) is 24.3 Å². The van der Waals surface area contributed by atoms with Gasteiger partial charge in [-0.2, -0.15) is 0 Å². The van der Waals surface area contributed by atoms with Crippen molar-refractivity contribution in [2.45, 2.75) is 33.2 Å². The molecule has 0 aromatic heterocycles. The molecule has 1 fully saturated rings. The first-order chi connectivity index (χ1) is 12.2. The van der Waals surface area contributed by atoms with Gasteiger partial charge in [0.1, 0.15) is 5.75 Å². The molecule has 2 rings (SSSR count). The molecular formula is C18H26N2O5S. The van der Waals surface area contributed by atoms with Crippen molar-refractivity contribution >= 4 is 27.3 Å². The summed E-state index contributed by atoms with van der Waals surface area (Å²) in [7, 11) is -3.08. The first-order valence-corrected chi connectivity index (χ1v) is 10.5. The van der Waals surface area contributed by atoms with E-state index in [0.717, 1.165) is 0 Å². The molecule has 144 valence electrons. The predicted octanol–water partition coefficient (Wildman–Crippen LogP) is 1.70. The number of carbonyl (C=O) groups is 2. The Bertz CT molecular complexity index is 761. The van der Waals surface area contributed by atoms with Crippen LogP contribution < -0.4 is 10.1 Å². The van der Waals surface area contributed by atoms with Gasteiger partial charge in [0.15, 0.2) is 16.4 Å². The monoisotopic (exact) mass is 382 g/mol. The third-order valence-electron chi connectivity index (χ3n) is 4.08. The number of nitrogens with zero attached hydrogens (tertiary/aromatic N) is 1. The number of hydrogen-bond acceptors (Lipinski definition) is 5. The van der Waals surface area contributed by atoms with Gasteiger partial charge in [0.25, 0.3) is 5.91 Å². The van der Waals surface area contributed by atoms with E-state index in [-0.39, 0.29) is 41.9 Å². The molecule has 1 aliphatic heterocycles. The van der Waals surface area contributed by atoms with Gasteiger partial charge in [-0.3, -0.25) is 9.59 Å². The minimum absolute atomic E-state index is 0.00788. The Labute approximate surface area is 154 Å². The minimum Gasteiger partial charge on any atom is -0.482 e. The smallest absolute Gasteiger partial charge is 0.260 e. The van der Waals surface area contributed by atoms with E-state index in [4.69, 9.17) is 4.74 Å². The summed E-state index contributed by atoms with van der Waals surface area (Å²) in [4.78, 5) is 25.6. The zero-order valence-corrected chi connectivity index (χ0v) is 16.2. The van der Waals surface area contributed by atoms with Gasteiger partial charge in [0.05, 0.1) is 17.2 Å². The van der Waals surface area contributed by atoms with Gasteiger partial charge in [0, 0.05) is 19.5 Å². The standard InChI is InChI=1S/C18H26N2O5S/c1-13(2)10-20(15-8-9-26(23,24)12-15)18(22)11-25-17-7-5-4-6-16(17)19-14(3)21/h4-7,13,15H,8-12H2,1-3H3,(H,19,21)/t15-/m1/s1. The maximum atomic E-state index is 12.7. The first kappa shape index (κ1) is 20.2. The quantitative estimate of drug-likeness (QED) is 0.775. The van der Waals surface area contributed by atoms with Crippen LogP contribution in [0, 0.1) is 5.92 Å². The van der Waals surface area contributed by atoms with Crippen molar-refractivity contribution in [2.24, 2.45) is 5.92 Å². The fraction of sp³-hybridized carbons (Fsp3) is 0.556. The van der Waals surface area contributed by atoms with E-state index >= 15 is 0 Å². The van der Waals surface area contributed by atoms with Crippen molar-refractivity contribution in [2.75, 3.05) is 30.0 Å². The molecule has 2 amide bonds. The Kier molecular flexibility index (Phi) is 6.63. The Morgan fingerprint density at radius 2 is 2.00 bits per heavy atom. The zero-order valence-electron chi connectivity index (χ0n) is 15.4. The van der Waals surface area contributed by atoms with Crippen molar-refractivity contribution in [3.05, 3.63) is 24.3 Å². The summed E-state index contributed by atoms with van der Waals surface area (Å²) >= 11 is 0. The van der Waals surface area contributed by atoms with Crippen LogP contribution in [0.5, 0.6) is 5.75 Å². The van der Waals surface area contributed by atoms with Crippen molar-refractivity contribution in [3.8, 4) is 5.75 Å². The molecule has 0 spiro atoms. The largest absolute Gasteiger partial charge is 0.482 e. The normalized spacial score (nSPS) is 18.5. The predicted molar refractivity (Wildman–Crippen MR) is 99.9 cm³/mol. The van der Waals surface area contributed by atoms with E-state index in [9.17, 15) is 18.0 Å². The summed E-state index contributed by atoms with van der Waals surface area (Å²) in [5.41, 5.74) is 0.492. The lowest BCUT2D eigenvalue weighted by molar-refractivity contribution is -0.135. The number of sulfone groups is 1. The number of para-hydroxylation sites is 2. The molecule has 1 heterocycles. The van der Waals surface area contributed by atoms with Crippen LogP contribution in [0.2, 0.25) is 0 Å². The summed E-state index contributed by atoms with van der Waals surface area (Å²) in [5.74, 6) is 0.261. The highest BCUT2D eigenvalue weighted by Crippen LogP contribution is 2.24. The lowest BCUT2D eigenvalue weighted by atomic mass is 10.1. The van der Waals surface area contributed by atoms with Crippen LogP contribution in [0.25, 0.3) is 0 Å². The highest BCUT2D eigenvalue weighted by atomic mass is 32.2. The SMILES string of the molecule is CC(=O)Nc1ccccc1OCC(=O)N(CC(C)C)[C@@H]1CCS(=O)(=O)C1. The third-order valence-corrected chi connectivity index (χ3v) is 5.83. The Hall–Kier alpha value is -2.09. The van der Waals surface area contributed by atoms with E-state index in [1.54, 1.807) is 29.2 Å². The lowest BCUT2D eigenvalue weighted by Gasteiger charge is -2.30. The molecule has 0 radical (unpaired) electrons. The molecule has 1 atom stereocenters. The molecule has 1 saturated heterocycles. The summed E-state index contributed by atoms with van der Waals surface area (Å²) < 4.78 is 29.2. The molecule has 0 unspecified atom stereocenters. The van der Waals surface area contributed by atoms with Gasteiger partial charge in [-0.1, -0.05) is 26.0 Å². The maximum absolute atomic E-state index is 12.7. The van der Waals surface area contributed by atoms with Crippen molar-refractivity contribution in [1.82, 2.24) is 4.90 Å². The number of benzene rings is 1. The number of rotatable bonds is 7. The summed E-state index contributed by atoms with van der Waals surface area (Å²) in [6.07, 6.45) is 0.462. The van der Waals surface area contributed by atoms with Crippen molar-refractivity contribution in [1.29, 1.82) is 0 Å². The molecule has 1 aliphatic rings. The number of carbonyl (C=O) groups excluding carboxylic acids is 2. The first-order valence-electron chi connectivity index (χ1n) is 8.67. The highest BCUT2D eigenvalue weighted by molar-refractivity contribution is 7.91. The van der Waals surface area contributed by atoms with Gasteiger partial charge in [0.2, 0.25) is 5.91 Å². The van der Waals surface area contributed by atoms with Crippen LogP contribution in [0.3, 0.4) is 0 Å². The molecule has 7 nitrogen and oxygen atoms in total. The van der Waals surface area contributed by atoms with Gasteiger partial charge < -0.3 is 15.0 Å². The number of hydrogen-bond donors (Lipinski definition) is 1. The van der Waals surface area contributed by atoms with Crippen LogP contribution >= 0.6 is 0 Å². The van der Waals surface area contributed by atoms with Gasteiger partial charge >= 0.3 is 0 Å². The molecule has 1 aromatic carbocycles. The summed E-state index contributed by atoms with van der Waals surface area (Å²) in [6, 6.07) is 6.57. The number of anilines is 1. The Balaban J connectivity index is 2.07. The average Bonchev–Trinajstić information content (AvgIpc) is 2.90.